The lowest BCUT2D eigenvalue weighted by molar-refractivity contribution is 0.579. The predicted molar refractivity (Wildman–Crippen MR) is 83.3 cm³/mol. The summed E-state index contributed by atoms with van der Waals surface area (Å²) >= 11 is 13.9. The molecule has 0 radical (unpaired) electrons. The smallest absolute Gasteiger partial charge is 0.0900 e. The summed E-state index contributed by atoms with van der Waals surface area (Å²) in [7, 11) is 0. The molecule has 0 aliphatic rings. The van der Waals surface area contributed by atoms with Crippen LogP contribution in [0.3, 0.4) is 0 Å². The second-order valence-corrected chi connectivity index (χ2v) is 6.60. The van der Waals surface area contributed by atoms with Gasteiger partial charge in [0.05, 0.1) is 10.7 Å². The summed E-state index contributed by atoms with van der Waals surface area (Å²) in [6.45, 7) is 6.90. The fraction of sp³-hybridized carbons (Fsp3) is 0.357. The molecule has 0 aliphatic heterocycles. The highest BCUT2D eigenvalue weighted by Crippen LogP contribution is 2.26. The fourth-order valence-electron chi connectivity index (χ4n) is 1.98. The number of nitrogens with zero attached hydrogens (tertiary/aromatic N) is 1. The first-order valence-corrected chi connectivity index (χ1v) is 7.66. The number of rotatable bonds is 4. The van der Waals surface area contributed by atoms with Crippen molar-refractivity contribution in [1.82, 2.24) is 10.3 Å². The number of aromatic nitrogens is 1. The van der Waals surface area contributed by atoms with E-state index in [1.807, 2.05) is 26.0 Å². The SMILES string of the molecule is Cc1nc(C)c(C(C)NCc2cc(Cl)ccc2Cl)s1. The minimum absolute atomic E-state index is 0.251. The zero-order chi connectivity index (χ0) is 14.0. The lowest BCUT2D eigenvalue weighted by Gasteiger charge is -2.14. The average molecular weight is 315 g/mol. The lowest BCUT2D eigenvalue weighted by atomic mass is 10.2. The van der Waals surface area contributed by atoms with Gasteiger partial charge in [0.2, 0.25) is 0 Å². The first kappa shape index (κ1) is 14.8. The first-order chi connectivity index (χ1) is 8.97. The third kappa shape index (κ3) is 3.69. The fourth-order valence-corrected chi connectivity index (χ4v) is 3.32. The Morgan fingerprint density at radius 1 is 1.32 bits per heavy atom. The van der Waals surface area contributed by atoms with Gasteiger partial charge in [0, 0.05) is 27.5 Å². The molecule has 2 nitrogen and oxygen atoms in total. The summed E-state index contributed by atoms with van der Waals surface area (Å²) in [6.07, 6.45) is 0. The van der Waals surface area contributed by atoms with Crippen LogP contribution in [0.15, 0.2) is 18.2 Å². The average Bonchev–Trinajstić information content (AvgIpc) is 2.69. The van der Waals surface area contributed by atoms with Gasteiger partial charge >= 0.3 is 0 Å². The molecule has 2 rings (SSSR count). The van der Waals surface area contributed by atoms with Crippen molar-refractivity contribution in [3.63, 3.8) is 0 Å². The van der Waals surface area contributed by atoms with Crippen LogP contribution in [-0.4, -0.2) is 4.98 Å². The van der Waals surface area contributed by atoms with Crippen molar-refractivity contribution in [2.45, 2.75) is 33.4 Å². The highest BCUT2D eigenvalue weighted by molar-refractivity contribution is 7.11. The molecule has 1 N–H and O–H groups in total. The van der Waals surface area contributed by atoms with Crippen molar-refractivity contribution in [2.75, 3.05) is 0 Å². The molecular weight excluding hydrogens is 299 g/mol. The second-order valence-electron chi connectivity index (χ2n) is 4.52. The van der Waals surface area contributed by atoms with Gasteiger partial charge in [-0.1, -0.05) is 23.2 Å². The van der Waals surface area contributed by atoms with Gasteiger partial charge in [-0.3, -0.25) is 0 Å². The Balaban J connectivity index is 2.06. The van der Waals surface area contributed by atoms with Gasteiger partial charge < -0.3 is 5.32 Å². The van der Waals surface area contributed by atoms with Gasteiger partial charge in [-0.05, 0) is 44.5 Å². The number of benzene rings is 1. The first-order valence-electron chi connectivity index (χ1n) is 6.08. The van der Waals surface area contributed by atoms with E-state index in [9.17, 15) is 0 Å². The molecule has 0 spiro atoms. The second kappa shape index (κ2) is 6.23. The largest absolute Gasteiger partial charge is 0.305 e. The third-order valence-corrected chi connectivity index (χ3v) is 4.80. The number of nitrogens with one attached hydrogen (secondary N) is 1. The predicted octanol–water partition coefficient (Wildman–Crippen LogP) is 4.92. The molecule has 0 bridgehead atoms. The van der Waals surface area contributed by atoms with Crippen LogP contribution < -0.4 is 5.32 Å². The topological polar surface area (TPSA) is 24.9 Å². The van der Waals surface area contributed by atoms with Crippen LogP contribution in [-0.2, 0) is 6.54 Å². The molecule has 1 atom stereocenters. The van der Waals surface area contributed by atoms with E-state index in [1.54, 1.807) is 17.4 Å². The zero-order valence-electron chi connectivity index (χ0n) is 11.1. The number of hydrogen-bond donors (Lipinski definition) is 1. The van der Waals surface area contributed by atoms with Crippen LogP contribution in [0.2, 0.25) is 10.0 Å². The van der Waals surface area contributed by atoms with Crippen LogP contribution >= 0.6 is 34.5 Å². The maximum absolute atomic E-state index is 6.15. The van der Waals surface area contributed by atoms with Gasteiger partial charge in [0.15, 0.2) is 0 Å². The van der Waals surface area contributed by atoms with E-state index in [0.29, 0.717) is 11.6 Å². The summed E-state index contributed by atoms with van der Waals surface area (Å²) < 4.78 is 0. The summed E-state index contributed by atoms with van der Waals surface area (Å²) in [5, 5.41) is 6.01. The van der Waals surface area contributed by atoms with E-state index in [2.05, 4.69) is 17.2 Å². The van der Waals surface area contributed by atoms with Gasteiger partial charge in [0.25, 0.3) is 0 Å². The molecule has 0 saturated carbocycles. The molecule has 0 amide bonds. The standard InChI is InChI=1S/C14H16Cl2N2S/c1-8(14-9(2)18-10(3)19-14)17-7-11-6-12(15)4-5-13(11)16/h4-6,8,17H,7H2,1-3H3. The van der Waals surface area contributed by atoms with Crippen molar-refractivity contribution in [3.05, 3.63) is 49.4 Å². The van der Waals surface area contributed by atoms with Crippen molar-refractivity contribution in [3.8, 4) is 0 Å². The van der Waals surface area contributed by atoms with Crippen molar-refractivity contribution in [1.29, 1.82) is 0 Å². The van der Waals surface area contributed by atoms with Gasteiger partial charge in [-0.15, -0.1) is 11.3 Å². The van der Waals surface area contributed by atoms with E-state index in [1.165, 1.54) is 4.88 Å². The van der Waals surface area contributed by atoms with Crippen molar-refractivity contribution < 1.29 is 0 Å². The minimum atomic E-state index is 0.251. The maximum atomic E-state index is 6.15. The minimum Gasteiger partial charge on any atom is -0.305 e. The molecule has 1 heterocycles. The Hall–Kier alpha value is -0.610. The van der Waals surface area contributed by atoms with Crippen LogP contribution in [0, 0.1) is 13.8 Å². The molecule has 1 unspecified atom stereocenters. The molecular formula is C14H16Cl2N2S. The third-order valence-electron chi connectivity index (χ3n) is 2.94. The Kier molecular flexibility index (Phi) is 4.85. The number of hydrogen-bond acceptors (Lipinski definition) is 3. The van der Waals surface area contributed by atoms with Crippen LogP contribution in [0.5, 0.6) is 0 Å². The van der Waals surface area contributed by atoms with Crippen LogP contribution in [0.25, 0.3) is 0 Å². The highest BCUT2D eigenvalue weighted by Gasteiger charge is 2.13. The maximum Gasteiger partial charge on any atom is 0.0900 e. The van der Waals surface area contributed by atoms with Crippen LogP contribution in [0.1, 0.15) is 34.1 Å². The molecule has 102 valence electrons. The Morgan fingerprint density at radius 2 is 2.05 bits per heavy atom. The summed E-state index contributed by atoms with van der Waals surface area (Å²) in [5.41, 5.74) is 2.11. The Morgan fingerprint density at radius 3 is 2.68 bits per heavy atom. The van der Waals surface area contributed by atoms with Crippen molar-refractivity contribution >= 4 is 34.5 Å². The molecule has 1 aromatic heterocycles. The van der Waals surface area contributed by atoms with Gasteiger partial charge in [-0.25, -0.2) is 4.98 Å². The summed E-state index contributed by atoms with van der Waals surface area (Å²) in [4.78, 5) is 5.72. The van der Waals surface area contributed by atoms with Gasteiger partial charge in [-0.2, -0.15) is 0 Å². The quantitative estimate of drug-likeness (QED) is 0.866. The lowest BCUT2D eigenvalue weighted by Crippen LogP contribution is -2.18. The number of aryl methyl sites for hydroxylation is 2. The number of halogens is 2. The summed E-state index contributed by atoms with van der Waals surface area (Å²) in [5.74, 6) is 0. The van der Waals surface area contributed by atoms with Crippen LogP contribution in [0.4, 0.5) is 0 Å². The van der Waals surface area contributed by atoms with E-state index in [0.717, 1.165) is 21.3 Å². The molecule has 0 aliphatic carbocycles. The van der Waals surface area contributed by atoms with Gasteiger partial charge in [0.1, 0.15) is 0 Å². The molecule has 2 aromatic rings. The Labute approximate surface area is 127 Å². The highest BCUT2D eigenvalue weighted by atomic mass is 35.5. The van der Waals surface area contributed by atoms with E-state index in [-0.39, 0.29) is 6.04 Å². The Bertz CT molecular complexity index is 581. The normalized spacial score (nSPS) is 12.7. The molecule has 5 heteroatoms. The molecule has 0 fully saturated rings. The summed E-state index contributed by atoms with van der Waals surface area (Å²) in [6, 6.07) is 5.77. The van der Waals surface area contributed by atoms with Crippen molar-refractivity contribution in [2.24, 2.45) is 0 Å². The zero-order valence-corrected chi connectivity index (χ0v) is 13.5. The molecule has 19 heavy (non-hydrogen) atoms. The molecule has 1 aromatic carbocycles. The number of thiazole rings is 1. The van der Waals surface area contributed by atoms with E-state index >= 15 is 0 Å². The monoisotopic (exact) mass is 314 g/mol. The van der Waals surface area contributed by atoms with E-state index < -0.39 is 0 Å². The molecule has 0 saturated heterocycles. The van der Waals surface area contributed by atoms with E-state index in [4.69, 9.17) is 23.2 Å².